The number of benzene rings is 2. The number of nitrogens with zero attached hydrogens (tertiary/aromatic N) is 2. The zero-order valence-corrected chi connectivity index (χ0v) is 12.8. The van der Waals surface area contributed by atoms with Crippen LogP contribution in [0.2, 0.25) is 0 Å². The molecule has 0 unspecified atom stereocenters. The van der Waals surface area contributed by atoms with Gasteiger partial charge in [-0.2, -0.15) is 0 Å². The topological polar surface area (TPSA) is 46.4 Å². The molecule has 0 spiro atoms. The summed E-state index contributed by atoms with van der Waals surface area (Å²) in [5.74, 6) is 0.262. The van der Waals surface area contributed by atoms with E-state index in [0.717, 1.165) is 16.8 Å². The van der Waals surface area contributed by atoms with Crippen LogP contribution in [0.4, 0.5) is 17.1 Å². The highest BCUT2D eigenvalue weighted by Crippen LogP contribution is 2.34. The molecule has 110 valence electrons. The lowest BCUT2D eigenvalue weighted by molar-refractivity contribution is -0.384. The summed E-state index contributed by atoms with van der Waals surface area (Å²) < 4.78 is 0. The molecular weight excluding hydrogens is 288 g/mol. The number of alkyl halides is 1. The van der Waals surface area contributed by atoms with Crippen LogP contribution in [0.15, 0.2) is 42.5 Å². The smallest absolute Gasteiger partial charge is 0.293 e. The first-order valence-corrected chi connectivity index (χ1v) is 7.27. The first-order chi connectivity index (χ1) is 10.1. The van der Waals surface area contributed by atoms with E-state index in [0.29, 0.717) is 12.2 Å². The fraction of sp³-hybridized carbons (Fsp3) is 0.250. The van der Waals surface area contributed by atoms with Crippen molar-refractivity contribution >= 4 is 28.7 Å². The van der Waals surface area contributed by atoms with Crippen LogP contribution in [0.25, 0.3) is 0 Å². The quantitative estimate of drug-likeness (QED) is 0.453. The van der Waals surface area contributed by atoms with Gasteiger partial charge in [-0.05, 0) is 37.6 Å². The number of halogens is 1. The lowest BCUT2D eigenvalue weighted by Crippen LogP contribution is -2.17. The zero-order valence-electron chi connectivity index (χ0n) is 12.0. The van der Waals surface area contributed by atoms with E-state index in [4.69, 9.17) is 11.6 Å². The molecule has 0 aliphatic rings. The minimum atomic E-state index is -0.359. The van der Waals surface area contributed by atoms with E-state index in [-0.39, 0.29) is 16.5 Å². The van der Waals surface area contributed by atoms with Crippen molar-refractivity contribution in [1.29, 1.82) is 0 Å². The predicted molar refractivity (Wildman–Crippen MR) is 86.5 cm³/mol. The van der Waals surface area contributed by atoms with Crippen molar-refractivity contribution < 1.29 is 4.92 Å². The Kier molecular flexibility index (Phi) is 4.81. The van der Waals surface area contributed by atoms with Crippen molar-refractivity contribution in [2.45, 2.75) is 19.7 Å². The van der Waals surface area contributed by atoms with Crippen molar-refractivity contribution in [3.05, 3.63) is 63.7 Å². The third-order valence-electron chi connectivity index (χ3n) is 3.34. The van der Waals surface area contributed by atoms with Gasteiger partial charge in [0, 0.05) is 24.2 Å². The molecule has 5 heteroatoms. The van der Waals surface area contributed by atoms with E-state index in [9.17, 15) is 10.1 Å². The summed E-state index contributed by atoms with van der Waals surface area (Å²) in [5.41, 5.74) is 3.49. The van der Waals surface area contributed by atoms with Crippen LogP contribution in [-0.4, -0.2) is 11.5 Å². The monoisotopic (exact) mass is 304 g/mol. The molecular formula is C16H17ClN2O2. The van der Waals surface area contributed by atoms with Crippen molar-refractivity contribution in [3.63, 3.8) is 0 Å². The average Bonchev–Trinajstić information content (AvgIpc) is 2.50. The van der Waals surface area contributed by atoms with E-state index < -0.39 is 0 Å². The van der Waals surface area contributed by atoms with Gasteiger partial charge in [-0.15, -0.1) is 11.6 Å². The van der Waals surface area contributed by atoms with Crippen LogP contribution in [-0.2, 0) is 5.88 Å². The molecule has 2 aromatic carbocycles. The number of aryl methyl sites for hydroxylation is 1. The first-order valence-electron chi connectivity index (χ1n) is 6.74. The summed E-state index contributed by atoms with van der Waals surface area (Å²) in [5, 5.41) is 11.3. The van der Waals surface area contributed by atoms with E-state index in [1.807, 2.05) is 49.1 Å². The van der Waals surface area contributed by atoms with Gasteiger partial charge in [0.05, 0.1) is 4.92 Å². The molecule has 0 radical (unpaired) electrons. The molecule has 4 nitrogen and oxygen atoms in total. The van der Waals surface area contributed by atoms with Crippen molar-refractivity contribution in [3.8, 4) is 0 Å². The number of rotatable bonds is 5. The van der Waals surface area contributed by atoms with Crippen molar-refractivity contribution in [2.75, 3.05) is 11.4 Å². The Morgan fingerprint density at radius 1 is 1.19 bits per heavy atom. The van der Waals surface area contributed by atoms with Crippen LogP contribution in [0.1, 0.15) is 18.1 Å². The molecule has 0 bridgehead atoms. The minimum Gasteiger partial charge on any atom is -0.336 e. The van der Waals surface area contributed by atoms with Gasteiger partial charge in [-0.1, -0.05) is 23.8 Å². The molecule has 0 heterocycles. The molecule has 0 saturated carbocycles. The number of hydrogen-bond acceptors (Lipinski definition) is 3. The Morgan fingerprint density at radius 3 is 2.38 bits per heavy atom. The summed E-state index contributed by atoms with van der Waals surface area (Å²) in [6, 6.07) is 13.1. The Labute approximate surface area is 129 Å². The van der Waals surface area contributed by atoms with Gasteiger partial charge >= 0.3 is 0 Å². The van der Waals surface area contributed by atoms with E-state index in [1.54, 1.807) is 12.1 Å². The molecule has 0 amide bonds. The van der Waals surface area contributed by atoms with E-state index in [2.05, 4.69) is 0 Å². The fourth-order valence-corrected chi connectivity index (χ4v) is 2.41. The summed E-state index contributed by atoms with van der Waals surface area (Å²) in [4.78, 5) is 12.9. The minimum absolute atomic E-state index is 0.0792. The number of nitro benzene ring substituents is 1. The maximum Gasteiger partial charge on any atom is 0.293 e. The summed E-state index contributed by atoms with van der Waals surface area (Å²) in [7, 11) is 0. The van der Waals surface area contributed by atoms with Gasteiger partial charge in [0.15, 0.2) is 0 Å². The zero-order chi connectivity index (χ0) is 15.4. The maximum atomic E-state index is 11.3. The molecule has 0 saturated heterocycles. The molecule has 2 aromatic rings. The van der Waals surface area contributed by atoms with Crippen LogP contribution in [0, 0.1) is 17.0 Å². The fourth-order valence-electron chi connectivity index (χ4n) is 2.24. The van der Waals surface area contributed by atoms with Gasteiger partial charge in [0.2, 0.25) is 0 Å². The van der Waals surface area contributed by atoms with Crippen molar-refractivity contribution in [1.82, 2.24) is 0 Å². The number of anilines is 2. The Morgan fingerprint density at radius 2 is 1.86 bits per heavy atom. The Hall–Kier alpha value is -2.07. The van der Waals surface area contributed by atoms with Gasteiger partial charge in [0.1, 0.15) is 5.69 Å². The molecule has 0 atom stereocenters. The molecule has 0 aliphatic carbocycles. The average molecular weight is 305 g/mol. The predicted octanol–water partition coefficient (Wildman–Crippen LogP) is 4.80. The largest absolute Gasteiger partial charge is 0.336 e. The second kappa shape index (κ2) is 6.59. The summed E-state index contributed by atoms with van der Waals surface area (Å²) >= 11 is 5.77. The highest BCUT2D eigenvalue weighted by Gasteiger charge is 2.20. The molecule has 0 N–H and O–H groups in total. The number of hydrogen-bond donors (Lipinski definition) is 0. The molecule has 0 fully saturated rings. The number of nitro groups is 1. The first kappa shape index (κ1) is 15.3. The lowest BCUT2D eigenvalue weighted by atomic mass is 10.1. The van der Waals surface area contributed by atoms with Gasteiger partial charge in [-0.3, -0.25) is 10.1 Å². The molecule has 2 rings (SSSR count). The van der Waals surface area contributed by atoms with Gasteiger partial charge in [0.25, 0.3) is 5.69 Å². The third kappa shape index (κ3) is 3.34. The summed E-state index contributed by atoms with van der Waals surface area (Å²) in [6.07, 6.45) is 0. The molecule has 0 aliphatic heterocycles. The Balaban J connectivity index is 2.51. The maximum absolute atomic E-state index is 11.3. The van der Waals surface area contributed by atoms with Gasteiger partial charge < -0.3 is 4.90 Å². The molecule has 0 aromatic heterocycles. The van der Waals surface area contributed by atoms with E-state index >= 15 is 0 Å². The summed E-state index contributed by atoms with van der Waals surface area (Å²) in [6.45, 7) is 4.63. The van der Waals surface area contributed by atoms with Crippen molar-refractivity contribution in [2.24, 2.45) is 0 Å². The van der Waals surface area contributed by atoms with Crippen LogP contribution in [0.3, 0.4) is 0 Å². The second-order valence-electron chi connectivity index (χ2n) is 4.79. The standard InChI is InChI=1S/C16H17ClN2O2/c1-3-18(14-7-4-12(2)5-8-14)15-9-6-13(11-17)10-16(15)19(20)21/h4-10H,3,11H2,1-2H3. The van der Waals surface area contributed by atoms with Crippen LogP contribution >= 0.6 is 11.6 Å². The lowest BCUT2D eigenvalue weighted by Gasteiger charge is -2.23. The highest BCUT2D eigenvalue weighted by molar-refractivity contribution is 6.17. The van der Waals surface area contributed by atoms with Crippen LogP contribution < -0.4 is 4.90 Å². The molecule has 21 heavy (non-hydrogen) atoms. The van der Waals surface area contributed by atoms with Crippen LogP contribution in [0.5, 0.6) is 0 Å². The van der Waals surface area contributed by atoms with E-state index in [1.165, 1.54) is 0 Å². The third-order valence-corrected chi connectivity index (χ3v) is 3.65. The van der Waals surface area contributed by atoms with Gasteiger partial charge in [-0.25, -0.2) is 0 Å². The second-order valence-corrected chi connectivity index (χ2v) is 5.06. The Bertz CT molecular complexity index is 641. The SMILES string of the molecule is CCN(c1ccc(C)cc1)c1ccc(CCl)cc1[N+](=O)[O-]. The highest BCUT2D eigenvalue weighted by atomic mass is 35.5. The normalized spacial score (nSPS) is 10.4.